The number of fused-ring (bicyclic) bond motifs is 3. The van der Waals surface area contributed by atoms with Crippen LogP contribution in [-0.4, -0.2) is 11.6 Å². The van der Waals surface area contributed by atoms with E-state index in [1.54, 1.807) is 0 Å². The van der Waals surface area contributed by atoms with E-state index in [-0.39, 0.29) is 15.2 Å². The molecule has 0 radical (unpaired) electrons. The van der Waals surface area contributed by atoms with Crippen LogP contribution in [0.15, 0.2) is 48.5 Å². The minimum Gasteiger partial charge on any atom is -0.178 e. The van der Waals surface area contributed by atoms with Crippen LogP contribution in [0.1, 0.15) is 63.5 Å². The van der Waals surface area contributed by atoms with Crippen molar-refractivity contribution in [1.82, 2.24) is 0 Å². The minimum absolute atomic E-state index is 0.120. The molecule has 0 saturated heterocycles. The second-order valence-electron chi connectivity index (χ2n) is 6.93. The Labute approximate surface area is 150 Å². The van der Waals surface area contributed by atoms with Gasteiger partial charge >= 0.3 is 0 Å². The molecule has 0 nitrogen and oxygen atoms in total. The van der Waals surface area contributed by atoms with Gasteiger partial charge in [0.2, 0.25) is 0 Å². The number of hydrogen-bond acceptors (Lipinski definition) is 0. The quantitative estimate of drug-likeness (QED) is 0.359. The highest BCUT2D eigenvalue weighted by molar-refractivity contribution is 8.15. The summed E-state index contributed by atoms with van der Waals surface area (Å²) >= 11 is 0. The maximum atomic E-state index is 4.73. The van der Waals surface area contributed by atoms with Crippen molar-refractivity contribution in [2.75, 3.05) is 5.75 Å². The van der Waals surface area contributed by atoms with E-state index in [0.717, 1.165) is 0 Å². The van der Waals surface area contributed by atoms with E-state index in [0.29, 0.717) is 0 Å². The summed E-state index contributed by atoms with van der Waals surface area (Å²) in [6.45, 7) is 4.59. The summed E-state index contributed by atoms with van der Waals surface area (Å²) in [6, 6.07) is 18.2. The zero-order chi connectivity index (χ0) is 17.0. The fourth-order valence-corrected chi connectivity index (χ4v) is 6.52. The molecule has 1 aliphatic carbocycles. The molecule has 2 aromatic carbocycles. The molecule has 1 aliphatic rings. The molecule has 0 amide bonds. The van der Waals surface area contributed by atoms with Crippen molar-refractivity contribution >= 4 is 16.4 Å². The molecule has 3 rings (SSSR count). The first-order valence-corrected chi connectivity index (χ1v) is 11.0. The van der Waals surface area contributed by atoms with Gasteiger partial charge < -0.3 is 0 Å². The Bertz CT molecular complexity index is 668. The van der Waals surface area contributed by atoms with Crippen molar-refractivity contribution in [3.63, 3.8) is 0 Å². The average molecular weight is 339 g/mol. The Balaban J connectivity index is 2.14. The first-order valence-electron chi connectivity index (χ1n) is 9.45. The van der Waals surface area contributed by atoms with Gasteiger partial charge in [-0.15, -0.1) is 0 Å². The van der Waals surface area contributed by atoms with Gasteiger partial charge in [0.05, 0.1) is 4.75 Å². The zero-order valence-corrected chi connectivity index (χ0v) is 16.0. The topological polar surface area (TPSA) is 0 Å². The van der Waals surface area contributed by atoms with Crippen LogP contribution in [0.5, 0.6) is 0 Å². The van der Waals surface area contributed by atoms with E-state index in [1.807, 2.05) is 0 Å². The molecule has 2 aromatic rings. The van der Waals surface area contributed by atoms with Crippen molar-refractivity contribution in [2.45, 2.75) is 57.1 Å². The van der Waals surface area contributed by atoms with Gasteiger partial charge in [0.25, 0.3) is 0 Å². The fourth-order valence-electron chi connectivity index (χ4n) is 4.13. The highest BCUT2D eigenvalue weighted by Gasteiger charge is 2.43. The summed E-state index contributed by atoms with van der Waals surface area (Å²) in [4.78, 5) is 0. The molecule has 0 bridgehead atoms. The van der Waals surface area contributed by atoms with E-state index in [2.05, 4.69) is 62.4 Å². The van der Waals surface area contributed by atoms with Crippen LogP contribution in [0.3, 0.4) is 0 Å². The van der Waals surface area contributed by atoms with Crippen LogP contribution in [0, 0.1) is 0 Å². The van der Waals surface area contributed by atoms with Crippen LogP contribution in [0.2, 0.25) is 0 Å². The van der Waals surface area contributed by atoms with Crippen molar-refractivity contribution in [3.05, 3.63) is 59.7 Å². The van der Waals surface area contributed by atoms with Gasteiger partial charge in [0.1, 0.15) is 0 Å². The Kier molecular flexibility index (Phi) is 5.61. The molecule has 0 saturated carbocycles. The standard InChI is InChI=1S/C23H30S/c1-4-6-12-17-23(24(3)18-7-5-2)21-15-10-8-13-19(21)20-14-9-11-16-22(20)23/h8-11,13-16H,3-7,12,17-18H2,1-2H3. The molecule has 0 N–H and O–H groups in total. The summed E-state index contributed by atoms with van der Waals surface area (Å²) in [6.07, 6.45) is 7.67. The number of rotatable bonds is 8. The lowest BCUT2D eigenvalue weighted by molar-refractivity contribution is 0.591. The highest BCUT2D eigenvalue weighted by atomic mass is 32.2. The summed E-state index contributed by atoms with van der Waals surface area (Å²) in [7, 11) is 0.120. The maximum Gasteiger partial charge on any atom is 0.0614 e. The molecule has 0 aliphatic heterocycles. The SMILES string of the molecule is C=S(CCCC)C1(CCCCC)c2ccccc2-c2ccccc21. The number of benzene rings is 2. The maximum absolute atomic E-state index is 4.73. The molecular weight excluding hydrogens is 308 g/mol. The van der Waals surface area contributed by atoms with Gasteiger partial charge in [-0.05, 0) is 40.8 Å². The average Bonchev–Trinajstić information content (AvgIpc) is 2.92. The molecule has 0 fully saturated rings. The zero-order valence-electron chi connectivity index (χ0n) is 15.2. The summed E-state index contributed by atoms with van der Waals surface area (Å²) < 4.78 is 0.136. The lowest BCUT2D eigenvalue weighted by atomic mass is 9.90. The normalized spacial score (nSPS) is 15.8. The molecule has 0 aromatic heterocycles. The third-order valence-corrected chi connectivity index (χ3v) is 7.79. The summed E-state index contributed by atoms with van der Waals surface area (Å²) in [5.74, 6) is 5.98. The predicted molar refractivity (Wildman–Crippen MR) is 111 cm³/mol. The molecule has 0 heterocycles. The van der Waals surface area contributed by atoms with Gasteiger partial charge in [-0.2, -0.15) is 10.5 Å². The first-order chi connectivity index (χ1) is 11.8. The lowest BCUT2D eigenvalue weighted by Crippen LogP contribution is -2.24. The van der Waals surface area contributed by atoms with Gasteiger partial charge in [-0.25, -0.2) is 0 Å². The van der Waals surface area contributed by atoms with Gasteiger partial charge in [-0.3, -0.25) is 0 Å². The van der Waals surface area contributed by atoms with Crippen molar-refractivity contribution < 1.29 is 0 Å². The fraction of sp³-hybridized carbons (Fsp3) is 0.435. The Hall–Kier alpha value is -1.34. The van der Waals surface area contributed by atoms with E-state index >= 15 is 0 Å². The lowest BCUT2D eigenvalue weighted by Gasteiger charge is -2.36. The smallest absolute Gasteiger partial charge is 0.0614 e. The Morgan fingerprint density at radius 1 is 0.792 bits per heavy atom. The van der Waals surface area contributed by atoms with Crippen molar-refractivity contribution in [2.24, 2.45) is 0 Å². The van der Waals surface area contributed by atoms with E-state index < -0.39 is 0 Å². The van der Waals surface area contributed by atoms with Gasteiger partial charge in [-0.1, -0.05) is 93.9 Å². The minimum atomic E-state index is 0.120. The molecule has 1 unspecified atom stereocenters. The predicted octanol–water partition coefficient (Wildman–Crippen LogP) is 6.99. The van der Waals surface area contributed by atoms with Crippen LogP contribution in [0.4, 0.5) is 0 Å². The summed E-state index contributed by atoms with van der Waals surface area (Å²) in [5.41, 5.74) is 5.97. The van der Waals surface area contributed by atoms with Gasteiger partial charge in [0.15, 0.2) is 0 Å². The highest BCUT2D eigenvalue weighted by Crippen LogP contribution is 2.59. The van der Waals surface area contributed by atoms with Crippen LogP contribution in [-0.2, 0) is 4.75 Å². The summed E-state index contributed by atoms with van der Waals surface area (Å²) in [5, 5.41) is 0. The third kappa shape index (κ3) is 2.88. The Morgan fingerprint density at radius 2 is 1.33 bits per heavy atom. The molecular formula is C23H30S. The second kappa shape index (κ2) is 7.70. The molecule has 0 spiro atoms. The molecule has 1 heteroatoms. The molecule has 128 valence electrons. The Morgan fingerprint density at radius 3 is 1.88 bits per heavy atom. The molecule has 24 heavy (non-hydrogen) atoms. The largest absolute Gasteiger partial charge is 0.178 e. The van der Waals surface area contributed by atoms with Gasteiger partial charge in [0, 0.05) is 0 Å². The third-order valence-electron chi connectivity index (χ3n) is 5.38. The number of hydrogen-bond donors (Lipinski definition) is 0. The van der Waals surface area contributed by atoms with Crippen molar-refractivity contribution in [1.29, 1.82) is 0 Å². The van der Waals surface area contributed by atoms with Crippen LogP contribution < -0.4 is 0 Å². The van der Waals surface area contributed by atoms with Crippen molar-refractivity contribution in [3.8, 4) is 11.1 Å². The second-order valence-corrected chi connectivity index (χ2v) is 9.02. The van der Waals surface area contributed by atoms with Crippen LogP contribution in [0.25, 0.3) is 11.1 Å². The monoisotopic (exact) mass is 338 g/mol. The first kappa shape index (κ1) is 17.5. The van der Waals surface area contributed by atoms with E-state index in [4.69, 9.17) is 5.87 Å². The van der Waals surface area contributed by atoms with E-state index in [9.17, 15) is 0 Å². The number of unbranched alkanes of at least 4 members (excludes halogenated alkanes) is 3. The molecule has 1 atom stereocenters. The van der Waals surface area contributed by atoms with E-state index in [1.165, 1.54) is 66.5 Å². The van der Waals surface area contributed by atoms with Crippen LogP contribution >= 0.6 is 10.5 Å².